The van der Waals surface area contributed by atoms with E-state index in [1.807, 2.05) is 6.92 Å². The molecule has 0 spiro atoms. The number of carboxylic acids is 1. The van der Waals surface area contributed by atoms with Gasteiger partial charge in [0, 0.05) is 5.56 Å². The Morgan fingerprint density at radius 1 is 1.73 bits per heavy atom. The van der Waals surface area contributed by atoms with Gasteiger partial charge in [-0.1, -0.05) is 12.1 Å². The van der Waals surface area contributed by atoms with E-state index < -0.39 is 5.97 Å². The van der Waals surface area contributed by atoms with Crippen molar-refractivity contribution in [2.45, 2.75) is 20.3 Å². The highest BCUT2D eigenvalue weighted by atomic mass is 16.5. The molecule has 0 aromatic carbocycles. The predicted molar refractivity (Wildman–Crippen MR) is 37.6 cm³/mol. The highest BCUT2D eigenvalue weighted by Gasteiger charge is 2.16. The fourth-order valence-corrected chi connectivity index (χ4v) is 0.976. The summed E-state index contributed by atoms with van der Waals surface area (Å²) in [6.07, 6.45) is 0.636. The van der Waals surface area contributed by atoms with Gasteiger partial charge in [0.2, 0.25) is 0 Å². The third kappa shape index (κ3) is 1.24. The molecule has 0 saturated carbocycles. The van der Waals surface area contributed by atoms with Crippen molar-refractivity contribution in [1.82, 2.24) is 5.16 Å². The van der Waals surface area contributed by atoms with E-state index >= 15 is 0 Å². The topological polar surface area (TPSA) is 63.3 Å². The molecule has 0 saturated heterocycles. The Balaban J connectivity index is 3.15. The Bertz CT molecular complexity index is 277. The molecule has 1 aromatic heterocycles. The standard InChI is InChI=1S/C7H9NO3/c1-3-5-4(2)11-8-6(5)7(9)10/h3H2,1-2H3,(H,9,10). The number of aryl methyl sites for hydroxylation is 1. The number of hydrogen-bond acceptors (Lipinski definition) is 3. The quantitative estimate of drug-likeness (QED) is 0.697. The summed E-state index contributed by atoms with van der Waals surface area (Å²) in [6, 6.07) is 0. The van der Waals surface area contributed by atoms with Gasteiger partial charge in [0.25, 0.3) is 0 Å². The van der Waals surface area contributed by atoms with Gasteiger partial charge in [-0.3, -0.25) is 0 Å². The van der Waals surface area contributed by atoms with Gasteiger partial charge in [-0.05, 0) is 13.3 Å². The Kier molecular flexibility index (Phi) is 1.94. The first-order chi connectivity index (χ1) is 5.16. The molecule has 0 unspecified atom stereocenters. The van der Waals surface area contributed by atoms with Gasteiger partial charge in [0.15, 0.2) is 5.69 Å². The minimum atomic E-state index is -1.03. The van der Waals surface area contributed by atoms with Gasteiger partial charge in [-0.25, -0.2) is 4.79 Å². The Morgan fingerprint density at radius 2 is 2.36 bits per heavy atom. The highest BCUT2D eigenvalue weighted by Crippen LogP contribution is 2.13. The maximum atomic E-state index is 10.5. The van der Waals surface area contributed by atoms with Crippen LogP contribution in [-0.4, -0.2) is 16.2 Å². The predicted octanol–water partition coefficient (Wildman–Crippen LogP) is 1.24. The molecule has 0 aliphatic carbocycles. The molecule has 4 heteroatoms. The first-order valence-electron chi connectivity index (χ1n) is 3.35. The lowest BCUT2D eigenvalue weighted by Crippen LogP contribution is -2.00. The van der Waals surface area contributed by atoms with Crippen LogP contribution in [0.1, 0.15) is 28.7 Å². The van der Waals surface area contributed by atoms with Gasteiger partial charge >= 0.3 is 5.97 Å². The maximum Gasteiger partial charge on any atom is 0.358 e. The van der Waals surface area contributed by atoms with Crippen molar-refractivity contribution >= 4 is 5.97 Å². The van der Waals surface area contributed by atoms with Crippen molar-refractivity contribution in [3.8, 4) is 0 Å². The zero-order valence-corrected chi connectivity index (χ0v) is 6.42. The molecule has 0 aliphatic heterocycles. The number of aromatic carboxylic acids is 1. The monoisotopic (exact) mass is 155 g/mol. The fraction of sp³-hybridized carbons (Fsp3) is 0.429. The number of hydrogen-bond donors (Lipinski definition) is 1. The molecule has 1 rings (SSSR count). The lowest BCUT2D eigenvalue weighted by atomic mass is 10.1. The second kappa shape index (κ2) is 2.74. The molecule has 0 amide bonds. The van der Waals surface area contributed by atoms with Crippen LogP contribution in [0.3, 0.4) is 0 Å². The molecule has 4 nitrogen and oxygen atoms in total. The van der Waals surface area contributed by atoms with Crippen molar-refractivity contribution in [3.63, 3.8) is 0 Å². The van der Waals surface area contributed by atoms with Crippen LogP contribution in [0.2, 0.25) is 0 Å². The van der Waals surface area contributed by atoms with Crippen LogP contribution in [0.25, 0.3) is 0 Å². The summed E-state index contributed by atoms with van der Waals surface area (Å²) in [4.78, 5) is 10.5. The minimum absolute atomic E-state index is 0.0324. The van der Waals surface area contributed by atoms with Crippen molar-refractivity contribution in [3.05, 3.63) is 17.0 Å². The van der Waals surface area contributed by atoms with Gasteiger partial charge in [-0.2, -0.15) is 0 Å². The molecule has 1 N–H and O–H groups in total. The van der Waals surface area contributed by atoms with Gasteiger partial charge in [-0.15, -0.1) is 0 Å². The Morgan fingerprint density at radius 3 is 2.73 bits per heavy atom. The average Bonchev–Trinajstić information content (AvgIpc) is 2.30. The summed E-state index contributed by atoms with van der Waals surface area (Å²) >= 11 is 0. The molecule has 0 fully saturated rings. The van der Waals surface area contributed by atoms with E-state index in [9.17, 15) is 4.79 Å². The van der Waals surface area contributed by atoms with E-state index in [0.29, 0.717) is 17.7 Å². The fourth-order valence-electron chi connectivity index (χ4n) is 0.976. The molecule has 0 bridgehead atoms. The SMILES string of the molecule is CCc1c(C(=O)O)noc1C. The van der Waals surface area contributed by atoms with Crippen molar-refractivity contribution < 1.29 is 14.4 Å². The van der Waals surface area contributed by atoms with Crippen molar-refractivity contribution in [2.24, 2.45) is 0 Å². The Labute approximate surface area is 63.8 Å². The molecule has 60 valence electrons. The van der Waals surface area contributed by atoms with Crippen LogP contribution in [0.5, 0.6) is 0 Å². The lowest BCUT2D eigenvalue weighted by Gasteiger charge is -1.90. The van der Waals surface area contributed by atoms with Crippen LogP contribution < -0.4 is 0 Å². The van der Waals surface area contributed by atoms with E-state index in [1.165, 1.54) is 0 Å². The summed E-state index contributed by atoms with van der Waals surface area (Å²) in [5.74, 6) is -0.441. The summed E-state index contributed by atoms with van der Waals surface area (Å²) in [7, 11) is 0. The second-order valence-corrected chi connectivity index (χ2v) is 2.22. The van der Waals surface area contributed by atoms with Crippen LogP contribution in [-0.2, 0) is 6.42 Å². The summed E-state index contributed by atoms with van der Waals surface area (Å²) < 4.78 is 4.72. The molecule has 1 heterocycles. The first-order valence-corrected chi connectivity index (χ1v) is 3.35. The summed E-state index contributed by atoms with van der Waals surface area (Å²) in [6.45, 7) is 3.57. The minimum Gasteiger partial charge on any atom is -0.476 e. The van der Waals surface area contributed by atoms with E-state index in [2.05, 4.69) is 5.16 Å². The Hall–Kier alpha value is -1.32. The van der Waals surface area contributed by atoms with E-state index in [0.717, 1.165) is 0 Å². The third-order valence-electron chi connectivity index (χ3n) is 1.54. The third-order valence-corrected chi connectivity index (χ3v) is 1.54. The van der Waals surface area contributed by atoms with Crippen molar-refractivity contribution in [2.75, 3.05) is 0 Å². The number of carboxylic acid groups (broad SMARTS) is 1. The smallest absolute Gasteiger partial charge is 0.358 e. The van der Waals surface area contributed by atoms with Gasteiger partial charge < -0.3 is 9.63 Å². The van der Waals surface area contributed by atoms with Crippen LogP contribution in [0.4, 0.5) is 0 Å². The molecule has 1 aromatic rings. The molecule has 0 atom stereocenters. The summed E-state index contributed by atoms with van der Waals surface area (Å²) in [5, 5.41) is 12.0. The molecular formula is C7H9NO3. The number of carbonyl (C=O) groups is 1. The van der Waals surface area contributed by atoms with E-state index in [4.69, 9.17) is 9.63 Å². The average molecular weight is 155 g/mol. The van der Waals surface area contributed by atoms with Crippen LogP contribution in [0.15, 0.2) is 4.52 Å². The van der Waals surface area contributed by atoms with Crippen molar-refractivity contribution in [1.29, 1.82) is 0 Å². The van der Waals surface area contributed by atoms with E-state index in [1.54, 1.807) is 6.92 Å². The maximum absolute atomic E-state index is 10.5. The van der Waals surface area contributed by atoms with Crippen LogP contribution >= 0.6 is 0 Å². The first kappa shape index (κ1) is 7.78. The highest BCUT2D eigenvalue weighted by molar-refractivity contribution is 5.87. The molecule has 11 heavy (non-hydrogen) atoms. The number of rotatable bonds is 2. The van der Waals surface area contributed by atoms with Crippen LogP contribution in [0, 0.1) is 6.92 Å². The zero-order chi connectivity index (χ0) is 8.43. The number of aromatic nitrogens is 1. The van der Waals surface area contributed by atoms with Gasteiger partial charge in [0.1, 0.15) is 5.76 Å². The largest absolute Gasteiger partial charge is 0.476 e. The second-order valence-electron chi connectivity index (χ2n) is 2.22. The summed E-state index contributed by atoms with van der Waals surface area (Å²) in [5.41, 5.74) is 0.711. The molecule has 0 radical (unpaired) electrons. The normalized spacial score (nSPS) is 10.0. The number of nitrogens with zero attached hydrogens (tertiary/aromatic N) is 1. The van der Waals surface area contributed by atoms with Gasteiger partial charge in [0.05, 0.1) is 0 Å². The molecule has 0 aliphatic rings. The molecular weight excluding hydrogens is 146 g/mol. The lowest BCUT2D eigenvalue weighted by molar-refractivity contribution is 0.0684. The zero-order valence-electron chi connectivity index (χ0n) is 6.42. The van der Waals surface area contributed by atoms with E-state index in [-0.39, 0.29) is 5.69 Å².